The number of aromatic nitrogens is 4. The zero-order valence-electron chi connectivity index (χ0n) is 33.5. The minimum absolute atomic E-state index is 0.178. The highest BCUT2D eigenvalue weighted by Gasteiger charge is 2.35. The molecule has 61 heavy (non-hydrogen) atoms. The van der Waals surface area contributed by atoms with Gasteiger partial charge in [0.15, 0.2) is 17.5 Å². The Morgan fingerprint density at radius 3 is 1.92 bits per heavy atom. The van der Waals surface area contributed by atoms with Crippen LogP contribution in [0.1, 0.15) is 25.0 Å². The second kappa shape index (κ2) is 12.6. The molecule has 0 aliphatic heterocycles. The number of fused-ring (bicyclic) bond motifs is 12. The fourth-order valence-corrected chi connectivity index (χ4v) is 10.1. The molecule has 5 heteroatoms. The third-order valence-electron chi connectivity index (χ3n) is 13.0. The highest BCUT2D eigenvalue weighted by Crippen LogP contribution is 2.50. The molecule has 0 bridgehead atoms. The highest BCUT2D eigenvalue weighted by atomic mass is 16.3. The van der Waals surface area contributed by atoms with Crippen molar-refractivity contribution in [3.63, 3.8) is 0 Å². The Labute approximate surface area is 351 Å². The van der Waals surface area contributed by atoms with Gasteiger partial charge in [0, 0.05) is 49.7 Å². The van der Waals surface area contributed by atoms with Crippen LogP contribution < -0.4 is 0 Å². The van der Waals surface area contributed by atoms with Crippen molar-refractivity contribution in [3.05, 3.63) is 193 Å². The van der Waals surface area contributed by atoms with Gasteiger partial charge in [-0.3, -0.25) is 0 Å². The summed E-state index contributed by atoms with van der Waals surface area (Å²) in [5.74, 6) is 1.82. The number of para-hydroxylation sites is 2. The van der Waals surface area contributed by atoms with Crippen LogP contribution in [0.25, 0.3) is 116 Å². The number of hydrogen-bond donors (Lipinski definition) is 0. The van der Waals surface area contributed by atoms with Gasteiger partial charge in [-0.1, -0.05) is 153 Å². The molecule has 0 spiro atoms. The van der Waals surface area contributed by atoms with E-state index in [0.29, 0.717) is 17.5 Å². The van der Waals surface area contributed by atoms with Gasteiger partial charge >= 0.3 is 0 Å². The second-order valence-corrected chi connectivity index (χ2v) is 16.8. The summed E-state index contributed by atoms with van der Waals surface area (Å²) in [5, 5.41) is 9.14. The Balaban J connectivity index is 1.10. The summed E-state index contributed by atoms with van der Waals surface area (Å²) in [6, 6.07) is 64.8. The standard InChI is InChI=1S/C56H36N4O/c1-56(2)45-20-10-7-17-40(45)41-27-25-37(30-46(41)56)54-57-53(36-24-23-33-13-3-4-15-35(33)29-36)58-55(59-54)44-31-38(32-50-52(44)43-19-9-12-22-49(43)61-50)60-47-21-11-8-18-42(47)51-39-16-6-5-14-34(39)26-28-48(51)60/h3-32H,1-2H3. The Hall–Kier alpha value is -7.89. The van der Waals surface area contributed by atoms with E-state index in [1.807, 2.05) is 12.1 Å². The van der Waals surface area contributed by atoms with Crippen LogP contribution in [0.3, 0.4) is 0 Å². The van der Waals surface area contributed by atoms with Crippen molar-refractivity contribution in [2.75, 3.05) is 0 Å². The average Bonchev–Trinajstić information content (AvgIpc) is 3.94. The molecule has 9 aromatic carbocycles. The third kappa shape index (κ3) is 4.98. The molecular formula is C56H36N4O. The molecule has 0 amide bonds. The second-order valence-electron chi connectivity index (χ2n) is 16.8. The maximum atomic E-state index is 6.75. The van der Waals surface area contributed by atoms with Crippen molar-refractivity contribution < 1.29 is 4.42 Å². The smallest absolute Gasteiger partial charge is 0.164 e. The van der Waals surface area contributed by atoms with Gasteiger partial charge < -0.3 is 8.98 Å². The van der Waals surface area contributed by atoms with E-state index in [2.05, 4.69) is 188 Å². The van der Waals surface area contributed by atoms with E-state index in [4.69, 9.17) is 19.4 Å². The van der Waals surface area contributed by atoms with Crippen molar-refractivity contribution in [1.29, 1.82) is 0 Å². The largest absolute Gasteiger partial charge is 0.456 e. The summed E-state index contributed by atoms with van der Waals surface area (Å²) >= 11 is 0. The van der Waals surface area contributed by atoms with Crippen LogP contribution in [0.2, 0.25) is 0 Å². The first-order valence-corrected chi connectivity index (χ1v) is 20.8. The van der Waals surface area contributed by atoms with Crippen LogP contribution in [-0.4, -0.2) is 19.5 Å². The fraction of sp³-hybridized carbons (Fsp3) is 0.0536. The van der Waals surface area contributed by atoms with Gasteiger partial charge in [0.1, 0.15) is 11.2 Å². The lowest BCUT2D eigenvalue weighted by atomic mass is 9.82. The summed E-state index contributed by atoms with van der Waals surface area (Å²) in [4.78, 5) is 16.1. The van der Waals surface area contributed by atoms with Gasteiger partial charge in [0.25, 0.3) is 0 Å². The SMILES string of the molecule is CC1(C)c2ccccc2-c2ccc(-c3nc(-c4ccc5ccccc5c4)nc(-c4cc(-n5c6ccccc6c6c7ccccc7ccc65)cc5oc6ccccc6c45)n3)cc21. The predicted molar refractivity (Wildman–Crippen MR) is 250 cm³/mol. The average molecular weight is 781 g/mol. The number of benzene rings is 9. The minimum atomic E-state index is -0.178. The van der Waals surface area contributed by atoms with Gasteiger partial charge in [-0.05, 0) is 80.2 Å². The van der Waals surface area contributed by atoms with Crippen molar-refractivity contribution in [3.8, 4) is 51.0 Å². The first-order chi connectivity index (χ1) is 30.0. The first kappa shape index (κ1) is 34.0. The number of nitrogens with zero attached hydrogens (tertiary/aromatic N) is 4. The Morgan fingerprint density at radius 1 is 0.410 bits per heavy atom. The molecule has 0 saturated carbocycles. The molecule has 0 atom stereocenters. The van der Waals surface area contributed by atoms with E-state index < -0.39 is 0 Å². The molecule has 3 aromatic heterocycles. The molecule has 5 nitrogen and oxygen atoms in total. The van der Waals surface area contributed by atoms with Crippen LogP contribution in [0, 0.1) is 0 Å². The van der Waals surface area contributed by atoms with Gasteiger partial charge in [-0.25, -0.2) is 15.0 Å². The van der Waals surface area contributed by atoms with Crippen LogP contribution in [0.5, 0.6) is 0 Å². The Bertz CT molecular complexity index is 3810. The first-order valence-electron chi connectivity index (χ1n) is 20.8. The predicted octanol–water partition coefficient (Wildman–Crippen LogP) is 14.5. The quantitative estimate of drug-likeness (QED) is 0.178. The topological polar surface area (TPSA) is 56.7 Å². The molecule has 0 unspecified atom stereocenters. The molecule has 0 radical (unpaired) electrons. The van der Waals surface area contributed by atoms with E-state index in [1.54, 1.807) is 0 Å². The van der Waals surface area contributed by atoms with Gasteiger partial charge in [0.2, 0.25) is 0 Å². The molecule has 286 valence electrons. The lowest BCUT2D eigenvalue weighted by Crippen LogP contribution is -2.15. The summed E-state index contributed by atoms with van der Waals surface area (Å²) in [7, 11) is 0. The van der Waals surface area contributed by atoms with Crippen molar-refractivity contribution in [2.45, 2.75) is 19.3 Å². The molecular weight excluding hydrogens is 745 g/mol. The molecule has 12 aromatic rings. The van der Waals surface area contributed by atoms with Crippen molar-refractivity contribution >= 4 is 65.3 Å². The van der Waals surface area contributed by atoms with Crippen LogP contribution in [0.15, 0.2) is 186 Å². The summed E-state index contributed by atoms with van der Waals surface area (Å²) in [6.45, 7) is 4.62. The normalized spacial score (nSPS) is 13.2. The molecule has 1 aliphatic carbocycles. The minimum Gasteiger partial charge on any atom is -0.456 e. The van der Waals surface area contributed by atoms with Crippen LogP contribution >= 0.6 is 0 Å². The summed E-state index contributed by atoms with van der Waals surface area (Å²) in [5.41, 5.74) is 12.5. The van der Waals surface area contributed by atoms with E-state index in [9.17, 15) is 0 Å². The maximum Gasteiger partial charge on any atom is 0.164 e. The van der Waals surface area contributed by atoms with E-state index in [0.717, 1.165) is 60.7 Å². The van der Waals surface area contributed by atoms with Gasteiger partial charge in [-0.2, -0.15) is 0 Å². The molecule has 3 heterocycles. The number of furan rings is 1. The fourth-order valence-electron chi connectivity index (χ4n) is 10.1. The monoisotopic (exact) mass is 780 g/mol. The Morgan fingerprint density at radius 2 is 1.05 bits per heavy atom. The van der Waals surface area contributed by atoms with E-state index in [-0.39, 0.29) is 5.41 Å². The molecule has 1 aliphatic rings. The lowest BCUT2D eigenvalue weighted by molar-refractivity contribution is 0.660. The lowest BCUT2D eigenvalue weighted by Gasteiger charge is -2.21. The van der Waals surface area contributed by atoms with Gasteiger partial charge in [0.05, 0.1) is 16.7 Å². The molecule has 0 N–H and O–H groups in total. The van der Waals surface area contributed by atoms with Crippen LogP contribution in [-0.2, 0) is 5.41 Å². The van der Waals surface area contributed by atoms with Crippen molar-refractivity contribution in [2.24, 2.45) is 0 Å². The van der Waals surface area contributed by atoms with Crippen LogP contribution in [0.4, 0.5) is 0 Å². The van der Waals surface area contributed by atoms with Gasteiger partial charge in [-0.15, -0.1) is 0 Å². The molecule has 0 saturated heterocycles. The highest BCUT2D eigenvalue weighted by molar-refractivity contribution is 6.21. The number of hydrogen-bond acceptors (Lipinski definition) is 4. The zero-order chi connectivity index (χ0) is 40.4. The maximum absolute atomic E-state index is 6.75. The van der Waals surface area contributed by atoms with E-state index in [1.165, 1.54) is 49.2 Å². The van der Waals surface area contributed by atoms with Crippen molar-refractivity contribution in [1.82, 2.24) is 19.5 Å². The number of rotatable bonds is 4. The Kier molecular flexibility index (Phi) is 7.00. The van der Waals surface area contributed by atoms with E-state index >= 15 is 0 Å². The summed E-state index contributed by atoms with van der Waals surface area (Å²) in [6.07, 6.45) is 0. The molecule has 0 fully saturated rings. The molecule has 13 rings (SSSR count). The zero-order valence-corrected chi connectivity index (χ0v) is 33.5. The summed E-state index contributed by atoms with van der Waals surface area (Å²) < 4.78 is 9.11. The third-order valence-corrected chi connectivity index (χ3v) is 13.0.